The lowest BCUT2D eigenvalue weighted by molar-refractivity contribution is 0.0847. The molecule has 0 aliphatic carbocycles. The van der Waals surface area contributed by atoms with Gasteiger partial charge in [-0.1, -0.05) is 25.1 Å². The average Bonchev–Trinajstić information content (AvgIpc) is 3.62. The van der Waals surface area contributed by atoms with Gasteiger partial charge >= 0.3 is 0 Å². The fraction of sp³-hybridized carbons (Fsp3) is 0.412. The Labute approximate surface area is 242 Å². The molecule has 1 saturated heterocycles. The third kappa shape index (κ3) is 4.61. The molecule has 212 valence electrons. The molecule has 0 saturated carbocycles. The SMILES string of the molecule is CCC1N=CN(c2ccc(-c3ccc(C(=O)N4CCCc5cc6c(cc54)C4(CCN(C)CC4)CO6)cc3)c(C)c2)O1. The maximum absolute atomic E-state index is 13.9. The van der Waals surface area contributed by atoms with E-state index in [0.29, 0.717) is 5.56 Å². The zero-order valence-electron chi connectivity index (χ0n) is 24.2. The first-order valence-corrected chi connectivity index (χ1v) is 15.0. The van der Waals surface area contributed by atoms with Gasteiger partial charge in [-0.2, -0.15) is 0 Å². The number of aliphatic imine (C=N–C) groups is 1. The number of rotatable bonds is 4. The summed E-state index contributed by atoms with van der Waals surface area (Å²) in [6.07, 6.45) is 6.61. The molecule has 3 aromatic carbocycles. The molecule has 0 radical (unpaired) electrons. The predicted molar refractivity (Wildman–Crippen MR) is 163 cm³/mol. The Hall–Kier alpha value is -3.68. The molecule has 41 heavy (non-hydrogen) atoms. The van der Waals surface area contributed by atoms with Crippen molar-refractivity contribution in [3.8, 4) is 16.9 Å². The van der Waals surface area contributed by atoms with Crippen LogP contribution in [0.2, 0.25) is 0 Å². The van der Waals surface area contributed by atoms with Crippen LogP contribution in [-0.4, -0.2) is 56.7 Å². The van der Waals surface area contributed by atoms with Crippen LogP contribution < -0.4 is 14.7 Å². The van der Waals surface area contributed by atoms with Gasteiger partial charge in [0, 0.05) is 28.8 Å². The van der Waals surface area contributed by atoms with Crippen LogP contribution in [0.5, 0.6) is 5.75 Å². The maximum Gasteiger partial charge on any atom is 0.258 e. The topological polar surface area (TPSA) is 57.6 Å². The molecule has 0 N–H and O–H groups in total. The monoisotopic (exact) mass is 550 g/mol. The maximum atomic E-state index is 13.9. The van der Waals surface area contributed by atoms with Crippen molar-refractivity contribution in [3.05, 3.63) is 76.9 Å². The lowest BCUT2D eigenvalue weighted by atomic mass is 9.74. The van der Waals surface area contributed by atoms with Crippen LogP contribution >= 0.6 is 0 Å². The minimum atomic E-state index is -0.114. The molecule has 7 heteroatoms. The Balaban J connectivity index is 1.12. The number of likely N-dealkylation sites (tertiary alicyclic amines) is 1. The largest absolute Gasteiger partial charge is 0.492 e. The molecular weight excluding hydrogens is 512 g/mol. The van der Waals surface area contributed by atoms with Crippen LogP contribution in [0, 0.1) is 6.92 Å². The normalized spacial score (nSPS) is 21.2. The van der Waals surface area contributed by atoms with Crippen molar-refractivity contribution < 1.29 is 14.4 Å². The highest BCUT2D eigenvalue weighted by molar-refractivity contribution is 6.07. The zero-order chi connectivity index (χ0) is 28.1. The van der Waals surface area contributed by atoms with Gasteiger partial charge in [0.1, 0.15) is 12.1 Å². The van der Waals surface area contributed by atoms with E-state index in [2.05, 4.69) is 73.3 Å². The van der Waals surface area contributed by atoms with Crippen LogP contribution in [0.1, 0.15) is 59.7 Å². The van der Waals surface area contributed by atoms with Crippen molar-refractivity contribution in [1.82, 2.24) is 4.90 Å². The van der Waals surface area contributed by atoms with E-state index in [1.807, 2.05) is 17.0 Å². The summed E-state index contributed by atoms with van der Waals surface area (Å²) >= 11 is 0. The van der Waals surface area contributed by atoms with Gasteiger partial charge in [-0.3, -0.25) is 4.79 Å². The van der Waals surface area contributed by atoms with E-state index in [4.69, 9.17) is 9.57 Å². The number of amides is 1. The summed E-state index contributed by atoms with van der Waals surface area (Å²) < 4.78 is 6.25. The third-order valence-corrected chi connectivity index (χ3v) is 9.39. The second-order valence-electron chi connectivity index (χ2n) is 12.0. The van der Waals surface area contributed by atoms with E-state index in [-0.39, 0.29) is 17.6 Å². The van der Waals surface area contributed by atoms with Gasteiger partial charge in [0.2, 0.25) is 0 Å². The minimum absolute atomic E-state index is 0.0665. The van der Waals surface area contributed by atoms with Crippen LogP contribution in [0.3, 0.4) is 0 Å². The number of benzene rings is 3. The van der Waals surface area contributed by atoms with E-state index >= 15 is 0 Å². The molecule has 1 fully saturated rings. The number of fused-ring (bicyclic) bond motifs is 3. The fourth-order valence-corrected chi connectivity index (χ4v) is 6.79. The van der Waals surface area contributed by atoms with Gasteiger partial charge in [-0.05, 0) is 118 Å². The summed E-state index contributed by atoms with van der Waals surface area (Å²) in [4.78, 5) is 28.5. The predicted octanol–water partition coefficient (Wildman–Crippen LogP) is 6.13. The highest BCUT2D eigenvalue weighted by Crippen LogP contribution is 2.48. The highest BCUT2D eigenvalue weighted by Gasteiger charge is 2.43. The number of hydrogen-bond donors (Lipinski definition) is 0. The van der Waals surface area contributed by atoms with Crippen LogP contribution in [-0.2, 0) is 16.7 Å². The van der Waals surface area contributed by atoms with Crippen LogP contribution in [0.15, 0.2) is 59.6 Å². The minimum Gasteiger partial charge on any atom is -0.492 e. The second-order valence-corrected chi connectivity index (χ2v) is 12.0. The fourth-order valence-electron chi connectivity index (χ4n) is 6.79. The van der Waals surface area contributed by atoms with Gasteiger partial charge in [0.25, 0.3) is 5.91 Å². The van der Waals surface area contributed by atoms with Crippen molar-refractivity contribution in [1.29, 1.82) is 0 Å². The molecule has 1 spiro atoms. The summed E-state index contributed by atoms with van der Waals surface area (Å²) in [6, 6.07) is 18.8. The Kier molecular flexibility index (Phi) is 6.59. The number of aryl methyl sites for hydroxylation is 2. The first-order valence-electron chi connectivity index (χ1n) is 15.0. The molecule has 0 aromatic heterocycles. The first-order chi connectivity index (χ1) is 19.9. The molecule has 1 unspecified atom stereocenters. The standard InChI is InChI=1S/C34H38N4O3/c1-4-32-35-22-38(41-32)27-11-12-28(23(2)18-27)24-7-9-25(10-8-24)33(39)37-15-5-6-26-19-31-29(20-30(26)37)34(21-40-31)13-16-36(3)17-14-34/h7-12,18-20,22,32H,4-6,13-17,21H2,1-3H3. The van der Waals surface area contributed by atoms with Crippen molar-refractivity contribution in [2.45, 2.75) is 57.6 Å². The number of hydrogen-bond acceptors (Lipinski definition) is 6. The Morgan fingerprint density at radius 1 is 1.05 bits per heavy atom. The third-order valence-electron chi connectivity index (χ3n) is 9.39. The number of nitrogens with zero attached hydrogens (tertiary/aromatic N) is 4. The molecule has 4 aliphatic rings. The van der Waals surface area contributed by atoms with Gasteiger partial charge < -0.3 is 14.5 Å². The molecular formula is C34H38N4O3. The second kappa shape index (κ2) is 10.3. The molecule has 0 bridgehead atoms. The zero-order valence-corrected chi connectivity index (χ0v) is 24.2. The van der Waals surface area contributed by atoms with Crippen LogP contribution in [0.4, 0.5) is 11.4 Å². The van der Waals surface area contributed by atoms with Crippen LogP contribution in [0.25, 0.3) is 11.1 Å². The molecule has 7 rings (SSSR count). The van der Waals surface area contributed by atoms with Crippen molar-refractivity contribution in [3.63, 3.8) is 0 Å². The van der Waals surface area contributed by atoms with Gasteiger partial charge in [0.15, 0.2) is 6.23 Å². The molecule has 3 aromatic rings. The number of piperidine rings is 1. The lowest BCUT2D eigenvalue weighted by Crippen LogP contribution is -2.42. The number of carbonyl (C=O) groups is 1. The Morgan fingerprint density at radius 3 is 2.59 bits per heavy atom. The quantitative estimate of drug-likeness (QED) is 0.391. The summed E-state index contributed by atoms with van der Waals surface area (Å²) in [5.41, 5.74) is 8.70. The molecule has 1 amide bonds. The van der Waals surface area contributed by atoms with Crippen molar-refractivity contribution >= 4 is 23.6 Å². The number of carbonyl (C=O) groups excluding carboxylic acids is 1. The lowest BCUT2D eigenvalue weighted by Gasteiger charge is -2.37. The average molecular weight is 551 g/mol. The Morgan fingerprint density at radius 2 is 1.85 bits per heavy atom. The first kappa shape index (κ1) is 26.2. The van der Waals surface area contributed by atoms with E-state index in [1.165, 1.54) is 11.1 Å². The number of hydroxylamine groups is 1. The van der Waals surface area contributed by atoms with Crippen molar-refractivity contribution in [2.75, 3.05) is 43.3 Å². The summed E-state index contributed by atoms with van der Waals surface area (Å²) in [7, 11) is 2.19. The van der Waals surface area contributed by atoms with Gasteiger partial charge in [-0.15, -0.1) is 0 Å². The molecule has 4 aliphatic heterocycles. The van der Waals surface area contributed by atoms with Gasteiger partial charge in [-0.25, -0.2) is 14.9 Å². The number of ether oxygens (including phenoxy) is 1. The summed E-state index contributed by atoms with van der Waals surface area (Å²) in [5, 5.41) is 1.74. The molecule has 1 atom stereocenters. The number of anilines is 2. The smallest absolute Gasteiger partial charge is 0.258 e. The summed E-state index contributed by atoms with van der Waals surface area (Å²) in [5.74, 6) is 1.10. The van der Waals surface area contributed by atoms with E-state index in [0.717, 1.165) is 92.2 Å². The highest BCUT2D eigenvalue weighted by atomic mass is 16.7. The molecule has 7 nitrogen and oxygen atoms in total. The Bertz CT molecular complexity index is 1510. The van der Waals surface area contributed by atoms with E-state index < -0.39 is 0 Å². The van der Waals surface area contributed by atoms with E-state index in [9.17, 15) is 4.79 Å². The van der Waals surface area contributed by atoms with Gasteiger partial charge in [0.05, 0.1) is 12.3 Å². The van der Waals surface area contributed by atoms with Crippen molar-refractivity contribution in [2.24, 2.45) is 4.99 Å². The summed E-state index contributed by atoms with van der Waals surface area (Å²) in [6.45, 7) is 7.82. The van der Waals surface area contributed by atoms with E-state index in [1.54, 1.807) is 11.4 Å². The molecule has 4 heterocycles.